The number of hydrogen-bond donors (Lipinski definition) is 2. The molecule has 0 atom stereocenters. The molecular weight excluding hydrogens is 447 g/mol. The SMILES string of the molecule is CCNC(=NCc1c(CC)noc1CC)NCCCCCC(=O)OC.I. The van der Waals surface area contributed by atoms with E-state index >= 15 is 0 Å². The number of nitrogens with zero attached hydrogens (tertiary/aromatic N) is 2. The highest BCUT2D eigenvalue weighted by atomic mass is 127. The first-order valence-corrected chi connectivity index (χ1v) is 9.21. The normalized spacial score (nSPS) is 11.0. The Balaban J connectivity index is 0.00000625. The lowest BCUT2D eigenvalue weighted by Crippen LogP contribution is -2.37. The molecule has 2 N–H and O–H groups in total. The molecule has 1 rings (SSSR count). The molecule has 1 heterocycles. The van der Waals surface area contributed by atoms with Crippen LogP contribution in [0, 0.1) is 0 Å². The van der Waals surface area contributed by atoms with E-state index in [2.05, 4.69) is 39.4 Å². The molecule has 0 radical (unpaired) electrons. The Morgan fingerprint density at radius 2 is 1.92 bits per heavy atom. The van der Waals surface area contributed by atoms with Crippen molar-refractivity contribution in [2.24, 2.45) is 4.99 Å². The van der Waals surface area contributed by atoms with Crippen LogP contribution in [0.5, 0.6) is 0 Å². The van der Waals surface area contributed by atoms with E-state index in [-0.39, 0.29) is 29.9 Å². The van der Waals surface area contributed by atoms with Gasteiger partial charge in [0.25, 0.3) is 0 Å². The predicted molar refractivity (Wildman–Crippen MR) is 114 cm³/mol. The van der Waals surface area contributed by atoms with Crippen molar-refractivity contribution in [2.75, 3.05) is 20.2 Å². The molecule has 0 spiro atoms. The van der Waals surface area contributed by atoms with E-state index in [4.69, 9.17) is 4.52 Å². The molecule has 1 aromatic heterocycles. The molecule has 7 nitrogen and oxygen atoms in total. The summed E-state index contributed by atoms with van der Waals surface area (Å²) in [6.07, 6.45) is 4.96. The number of carbonyl (C=O) groups is 1. The number of esters is 1. The lowest BCUT2D eigenvalue weighted by Gasteiger charge is -2.11. The van der Waals surface area contributed by atoms with Crippen molar-refractivity contribution in [3.63, 3.8) is 0 Å². The number of carbonyl (C=O) groups excluding carboxylic acids is 1. The van der Waals surface area contributed by atoms with Crippen molar-refractivity contribution < 1.29 is 14.1 Å². The number of methoxy groups -OCH3 is 1. The third-order valence-electron chi connectivity index (χ3n) is 3.92. The van der Waals surface area contributed by atoms with Gasteiger partial charge in [0.2, 0.25) is 0 Å². The molecule has 0 saturated heterocycles. The molecule has 26 heavy (non-hydrogen) atoms. The number of aryl methyl sites for hydroxylation is 2. The maximum absolute atomic E-state index is 11.1. The van der Waals surface area contributed by atoms with Crippen LogP contribution < -0.4 is 10.6 Å². The molecule has 0 saturated carbocycles. The zero-order chi connectivity index (χ0) is 18.5. The van der Waals surface area contributed by atoms with Crippen molar-refractivity contribution in [2.45, 2.75) is 65.8 Å². The van der Waals surface area contributed by atoms with Crippen molar-refractivity contribution in [1.82, 2.24) is 15.8 Å². The average molecular weight is 480 g/mol. The quantitative estimate of drug-likeness (QED) is 0.166. The van der Waals surface area contributed by atoms with Crippen LogP contribution >= 0.6 is 24.0 Å². The van der Waals surface area contributed by atoms with Gasteiger partial charge in [-0.3, -0.25) is 4.79 Å². The second-order valence-electron chi connectivity index (χ2n) is 5.75. The standard InChI is InChI=1S/C18H32N4O3.HI/c1-5-15-14(16(6-2)25-22-15)13-21-18(19-7-3)20-12-10-8-9-11-17(23)24-4;/h5-13H2,1-4H3,(H2,19,20,21);1H. The Kier molecular flexibility index (Phi) is 14.1. The number of aliphatic imine (C=N–C) groups is 1. The highest BCUT2D eigenvalue weighted by molar-refractivity contribution is 14.0. The fraction of sp³-hybridized carbons (Fsp3) is 0.722. The number of unbranched alkanes of at least 4 members (excludes halogenated alkanes) is 2. The molecule has 0 aliphatic carbocycles. The zero-order valence-corrected chi connectivity index (χ0v) is 18.7. The fourth-order valence-electron chi connectivity index (χ4n) is 2.50. The lowest BCUT2D eigenvalue weighted by molar-refractivity contribution is -0.140. The summed E-state index contributed by atoms with van der Waals surface area (Å²) in [5.41, 5.74) is 2.08. The van der Waals surface area contributed by atoms with Crippen LogP contribution in [-0.2, 0) is 28.9 Å². The molecule has 0 fully saturated rings. The number of ether oxygens (including phenoxy) is 1. The van der Waals surface area contributed by atoms with Crippen LogP contribution in [0.15, 0.2) is 9.52 Å². The van der Waals surface area contributed by atoms with Gasteiger partial charge < -0.3 is 19.9 Å². The minimum Gasteiger partial charge on any atom is -0.469 e. The topological polar surface area (TPSA) is 88.8 Å². The number of hydrogen-bond acceptors (Lipinski definition) is 5. The highest BCUT2D eigenvalue weighted by Gasteiger charge is 2.13. The maximum atomic E-state index is 11.1. The molecule has 0 amide bonds. The van der Waals surface area contributed by atoms with Gasteiger partial charge in [-0.05, 0) is 26.2 Å². The van der Waals surface area contributed by atoms with Gasteiger partial charge in [0, 0.05) is 31.5 Å². The minimum atomic E-state index is -0.143. The van der Waals surface area contributed by atoms with Gasteiger partial charge in [-0.25, -0.2) is 4.99 Å². The van der Waals surface area contributed by atoms with E-state index in [0.29, 0.717) is 13.0 Å². The van der Waals surface area contributed by atoms with Crippen molar-refractivity contribution >= 4 is 35.9 Å². The second-order valence-corrected chi connectivity index (χ2v) is 5.75. The predicted octanol–water partition coefficient (Wildman–Crippen LogP) is 3.21. The molecule has 0 bridgehead atoms. The Bertz CT molecular complexity index is 525. The largest absolute Gasteiger partial charge is 0.469 e. The van der Waals surface area contributed by atoms with Gasteiger partial charge in [-0.2, -0.15) is 0 Å². The molecule has 8 heteroatoms. The van der Waals surface area contributed by atoms with E-state index in [1.165, 1.54) is 7.11 Å². The summed E-state index contributed by atoms with van der Waals surface area (Å²) in [6.45, 7) is 8.36. The van der Waals surface area contributed by atoms with Gasteiger partial charge in [0.15, 0.2) is 5.96 Å². The Morgan fingerprint density at radius 3 is 2.54 bits per heavy atom. The molecule has 0 aliphatic rings. The van der Waals surface area contributed by atoms with Crippen molar-refractivity contribution in [3.8, 4) is 0 Å². The molecule has 0 unspecified atom stereocenters. The van der Waals surface area contributed by atoms with Crippen LogP contribution in [0.25, 0.3) is 0 Å². The van der Waals surface area contributed by atoms with Gasteiger partial charge in [0.05, 0.1) is 19.3 Å². The van der Waals surface area contributed by atoms with Crippen molar-refractivity contribution in [3.05, 3.63) is 17.0 Å². The van der Waals surface area contributed by atoms with Gasteiger partial charge in [0.1, 0.15) is 5.76 Å². The van der Waals surface area contributed by atoms with Crippen LogP contribution in [0.1, 0.15) is 63.5 Å². The number of aromatic nitrogens is 1. The monoisotopic (exact) mass is 480 g/mol. The minimum absolute atomic E-state index is 0. The van der Waals surface area contributed by atoms with Gasteiger partial charge in [-0.1, -0.05) is 25.4 Å². The fourth-order valence-corrected chi connectivity index (χ4v) is 2.50. The Morgan fingerprint density at radius 1 is 1.15 bits per heavy atom. The van der Waals surface area contributed by atoms with Crippen LogP contribution in [0.3, 0.4) is 0 Å². The summed E-state index contributed by atoms with van der Waals surface area (Å²) < 4.78 is 10.0. The summed E-state index contributed by atoms with van der Waals surface area (Å²) in [5.74, 6) is 1.56. The maximum Gasteiger partial charge on any atom is 0.305 e. The summed E-state index contributed by atoms with van der Waals surface area (Å²) in [4.78, 5) is 15.7. The van der Waals surface area contributed by atoms with Crippen LogP contribution in [0.2, 0.25) is 0 Å². The number of rotatable bonds is 11. The molecule has 150 valence electrons. The average Bonchev–Trinajstić information content (AvgIpc) is 3.03. The summed E-state index contributed by atoms with van der Waals surface area (Å²) in [6, 6.07) is 0. The smallest absolute Gasteiger partial charge is 0.305 e. The van der Waals surface area contributed by atoms with E-state index in [1.54, 1.807) is 0 Å². The molecule has 0 aliphatic heterocycles. The second kappa shape index (κ2) is 14.8. The molecular formula is C18H33IN4O3. The molecule has 0 aromatic carbocycles. The first-order valence-electron chi connectivity index (χ1n) is 9.21. The number of halogens is 1. The van der Waals surface area contributed by atoms with E-state index < -0.39 is 0 Å². The van der Waals surface area contributed by atoms with Gasteiger partial charge in [-0.15, -0.1) is 24.0 Å². The summed E-state index contributed by atoms with van der Waals surface area (Å²) >= 11 is 0. The lowest BCUT2D eigenvalue weighted by atomic mass is 10.1. The van der Waals surface area contributed by atoms with E-state index in [0.717, 1.165) is 68.2 Å². The van der Waals surface area contributed by atoms with Gasteiger partial charge >= 0.3 is 5.97 Å². The third kappa shape index (κ3) is 8.86. The Hall–Kier alpha value is -1.32. The summed E-state index contributed by atoms with van der Waals surface area (Å²) in [5, 5.41) is 10.7. The van der Waals surface area contributed by atoms with E-state index in [1.807, 2.05) is 6.92 Å². The Labute approximate surface area is 173 Å². The highest BCUT2D eigenvalue weighted by Crippen LogP contribution is 2.16. The zero-order valence-electron chi connectivity index (χ0n) is 16.4. The van der Waals surface area contributed by atoms with Crippen LogP contribution in [-0.4, -0.2) is 37.3 Å². The van der Waals surface area contributed by atoms with E-state index in [9.17, 15) is 4.79 Å². The summed E-state index contributed by atoms with van der Waals surface area (Å²) in [7, 11) is 1.42. The first kappa shape index (κ1) is 24.7. The number of nitrogens with one attached hydrogen (secondary N) is 2. The number of guanidine groups is 1. The van der Waals surface area contributed by atoms with Crippen LogP contribution in [0.4, 0.5) is 0 Å². The third-order valence-corrected chi connectivity index (χ3v) is 3.92. The molecule has 1 aromatic rings. The van der Waals surface area contributed by atoms with Crippen molar-refractivity contribution in [1.29, 1.82) is 0 Å². The first-order chi connectivity index (χ1) is 12.2.